The molecule has 0 aromatic heterocycles. The third-order valence-corrected chi connectivity index (χ3v) is 2.40. The van der Waals surface area contributed by atoms with Crippen molar-refractivity contribution in [2.75, 3.05) is 6.54 Å². The van der Waals surface area contributed by atoms with Gasteiger partial charge < -0.3 is 10.2 Å². The highest BCUT2D eigenvalue weighted by atomic mass is 16.2. The fourth-order valence-corrected chi connectivity index (χ4v) is 1.60. The lowest BCUT2D eigenvalue weighted by molar-refractivity contribution is -0.131. The van der Waals surface area contributed by atoms with Crippen molar-refractivity contribution < 1.29 is 14.4 Å². The van der Waals surface area contributed by atoms with Crippen molar-refractivity contribution >= 4 is 17.6 Å². The smallest absolute Gasteiger partial charge is 0.245 e. The van der Waals surface area contributed by atoms with Crippen molar-refractivity contribution in [1.29, 1.82) is 0 Å². The highest BCUT2D eigenvalue weighted by Gasteiger charge is 2.25. The van der Waals surface area contributed by atoms with Gasteiger partial charge in [0.25, 0.3) is 0 Å². The van der Waals surface area contributed by atoms with Crippen LogP contribution in [0, 0.1) is 0 Å². The van der Waals surface area contributed by atoms with Crippen molar-refractivity contribution in [3.63, 3.8) is 0 Å². The van der Waals surface area contributed by atoms with Gasteiger partial charge in [-0.1, -0.05) is 0 Å². The normalized spacial score (nSPS) is 17.9. The molecule has 0 bridgehead atoms. The molecule has 0 aliphatic carbocycles. The van der Waals surface area contributed by atoms with Crippen LogP contribution in [-0.4, -0.2) is 35.2 Å². The number of rotatable bonds is 4. The third-order valence-electron chi connectivity index (χ3n) is 2.40. The monoisotopic (exact) mass is 224 g/mol. The zero-order valence-corrected chi connectivity index (χ0v) is 9.53. The molecule has 0 radical (unpaired) electrons. The summed E-state index contributed by atoms with van der Waals surface area (Å²) < 4.78 is 0. The quantitative estimate of drug-likeness (QED) is 0.694. The minimum absolute atomic E-state index is 0.0587. The standard InChI is InChI=1S/C11H16N2O3/c1-8(14)5-6-10(15)12-9(2)13-7-3-4-11(13)16/h5-6,9H,3-4,7H2,1-2H3,(H,12,15). The predicted molar refractivity (Wildman–Crippen MR) is 58.4 cm³/mol. The Morgan fingerprint density at radius 3 is 2.62 bits per heavy atom. The topological polar surface area (TPSA) is 66.5 Å². The summed E-state index contributed by atoms with van der Waals surface area (Å²) in [6.45, 7) is 3.80. The Hall–Kier alpha value is -1.65. The Labute approximate surface area is 94.5 Å². The molecule has 16 heavy (non-hydrogen) atoms. The van der Waals surface area contributed by atoms with E-state index in [2.05, 4.69) is 5.32 Å². The molecule has 1 atom stereocenters. The van der Waals surface area contributed by atoms with Crippen LogP contribution in [0.4, 0.5) is 0 Å². The molecule has 1 rings (SSSR count). The van der Waals surface area contributed by atoms with Gasteiger partial charge in [0, 0.05) is 19.0 Å². The van der Waals surface area contributed by atoms with E-state index in [1.165, 1.54) is 19.1 Å². The van der Waals surface area contributed by atoms with Crippen LogP contribution in [0.1, 0.15) is 26.7 Å². The lowest BCUT2D eigenvalue weighted by atomic mass is 10.3. The molecule has 5 heteroatoms. The van der Waals surface area contributed by atoms with Crippen LogP contribution in [0.5, 0.6) is 0 Å². The molecule has 0 spiro atoms. The fourth-order valence-electron chi connectivity index (χ4n) is 1.60. The van der Waals surface area contributed by atoms with Gasteiger partial charge in [-0.2, -0.15) is 0 Å². The molecular formula is C11H16N2O3. The molecule has 1 aliphatic heterocycles. The summed E-state index contributed by atoms with van der Waals surface area (Å²) in [6, 6.07) is 0. The molecule has 88 valence electrons. The molecular weight excluding hydrogens is 208 g/mol. The molecule has 0 saturated carbocycles. The molecule has 0 aromatic carbocycles. The van der Waals surface area contributed by atoms with E-state index in [0.717, 1.165) is 6.42 Å². The number of hydrogen-bond acceptors (Lipinski definition) is 3. The summed E-state index contributed by atoms with van der Waals surface area (Å²) in [7, 11) is 0. The second-order valence-corrected chi connectivity index (χ2v) is 3.82. The SMILES string of the molecule is CC(=O)C=CC(=O)NC(C)N1CCCC1=O. The Bertz CT molecular complexity index is 336. The van der Waals surface area contributed by atoms with E-state index in [9.17, 15) is 14.4 Å². The van der Waals surface area contributed by atoms with Gasteiger partial charge in [-0.25, -0.2) is 0 Å². The van der Waals surface area contributed by atoms with Crippen LogP contribution >= 0.6 is 0 Å². The molecule has 1 aliphatic rings. The third kappa shape index (κ3) is 3.49. The van der Waals surface area contributed by atoms with E-state index < -0.39 is 0 Å². The van der Waals surface area contributed by atoms with Gasteiger partial charge in [-0.3, -0.25) is 14.4 Å². The lowest BCUT2D eigenvalue weighted by Gasteiger charge is -2.24. The van der Waals surface area contributed by atoms with E-state index in [4.69, 9.17) is 0 Å². The maximum absolute atomic E-state index is 11.4. The van der Waals surface area contributed by atoms with Gasteiger partial charge in [0.2, 0.25) is 11.8 Å². The number of nitrogens with zero attached hydrogens (tertiary/aromatic N) is 1. The highest BCUT2D eigenvalue weighted by molar-refractivity contribution is 5.96. The first-order chi connectivity index (χ1) is 7.50. The number of carbonyl (C=O) groups excluding carboxylic acids is 3. The van der Waals surface area contributed by atoms with E-state index >= 15 is 0 Å². The van der Waals surface area contributed by atoms with E-state index in [1.54, 1.807) is 11.8 Å². The number of nitrogens with one attached hydrogen (secondary N) is 1. The van der Waals surface area contributed by atoms with Crippen LogP contribution in [0.3, 0.4) is 0 Å². The molecule has 1 saturated heterocycles. The highest BCUT2D eigenvalue weighted by Crippen LogP contribution is 2.11. The minimum atomic E-state index is -0.359. The molecule has 5 nitrogen and oxygen atoms in total. The molecule has 1 unspecified atom stereocenters. The number of ketones is 1. The first-order valence-corrected chi connectivity index (χ1v) is 5.29. The summed E-state index contributed by atoms with van der Waals surface area (Å²) in [5.41, 5.74) is 0. The fraction of sp³-hybridized carbons (Fsp3) is 0.545. The van der Waals surface area contributed by atoms with E-state index in [1.807, 2.05) is 0 Å². The van der Waals surface area contributed by atoms with Crippen molar-refractivity contribution in [3.05, 3.63) is 12.2 Å². The predicted octanol–water partition coefficient (Wildman–Crippen LogP) is 0.216. The van der Waals surface area contributed by atoms with Crippen LogP contribution < -0.4 is 5.32 Å². The molecule has 2 amide bonds. The number of amides is 2. The Balaban J connectivity index is 2.44. The Kier molecular flexibility index (Phi) is 4.22. The summed E-state index contributed by atoms with van der Waals surface area (Å²) in [5.74, 6) is -0.481. The zero-order valence-electron chi connectivity index (χ0n) is 9.53. The van der Waals surface area contributed by atoms with Crippen LogP contribution in [0.15, 0.2) is 12.2 Å². The first-order valence-electron chi connectivity index (χ1n) is 5.29. The number of likely N-dealkylation sites (tertiary alicyclic amines) is 1. The van der Waals surface area contributed by atoms with Crippen molar-refractivity contribution in [2.45, 2.75) is 32.9 Å². The summed E-state index contributed by atoms with van der Waals surface area (Å²) >= 11 is 0. The van der Waals surface area contributed by atoms with E-state index in [-0.39, 0.29) is 23.8 Å². The van der Waals surface area contributed by atoms with Crippen LogP contribution in [0.25, 0.3) is 0 Å². The molecule has 1 heterocycles. The van der Waals surface area contributed by atoms with Crippen molar-refractivity contribution in [3.8, 4) is 0 Å². The number of allylic oxidation sites excluding steroid dienone is 1. The summed E-state index contributed by atoms with van der Waals surface area (Å²) in [4.78, 5) is 34.9. The van der Waals surface area contributed by atoms with Gasteiger partial charge >= 0.3 is 0 Å². The summed E-state index contributed by atoms with van der Waals surface area (Å²) in [5, 5.41) is 2.63. The number of carbonyl (C=O) groups is 3. The summed E-state index contributed by atoms with van der Waals surface area (Å²) in [6.07, 6.45) is 3.44. The van der Waals surface area contributed by atoms with E-state index in [0.29, 0.717) is 13.0 Å². The van der Waals surface area contributed by atoms with Gasteiger partial charge in [-0.05, 0) is 26.3 Å². The second kappa shape index (κ2) is 5.44. The molecule has 0 aromatic rings. The minimum Gasteiger partial charge on any atom is -0.333 e. The average molecular weight is 224 g/mol. The average Bonchev–Trinajstić information content (AvgIpc) is 2.61. The maximum atomic E-state index is 11.4. The van der Waals surface area contributed by atoms with Gasteiger partial charge in [0.1, 0.15) is 6.17 Å². The number of hydrogen-bond donors (Lipinski definition) is 1. The van der Waals surface area contributed by atoms with Crippen LogP contribution in [0.2, 0.25) is 0 Å². The zero-order chi connectivity index (χ0) is 12.1. The van der Waals surface area contributed by atoms with Gasteiger partial charge in [0.15, 0.2) is 5.78 Å². The molecule has 1 fully saturated rings. The largest absolute Gasteiger partial charge is 0.333 e. The maximum Gasteiger partial charge on any atom is 0.245 e. The Morgan fingerprint density at radius 2 is 2.12 bits per heavy atom. The second-order valence-electron chi connectivity index (χ2n) is 3.82. The van der Waals surface area contributed by atoms with Crippen LogP contribution in [-0.2, 0) is 14.4 Å². The first kappa shape index (κ1) is 12.4. The lowest BCUT2D eigenvalue weighted by Crippen LogP contribution is -2.46. The van der Waals surface area contributed by atoms with Crippen molar-refractivity contribution in [1.82, 2.24) is 10.2 Å². The Morgan fingerprint density at radius 1 is 1.44 bits per heavy atom. The van der Waals surface area contributed by atoms with Crippen molar-refractivity contribution in [2.24, 2.45) is 0 Å². The van der Waals surface area contributed by atoms with Gasteiger partial charge in [-0.15, -0.1) is 0 Å². The molecule has 1 N–H and O–H groups in total. The van der Waals surface area contributed by atoms with Gasteiger partial charge in [0.05, 0.1) is 0 Å².